The summed E-state index contributed by atoms with van der Waals surface area (Å²) < 4.78 is 20.3. The molecule has 0 bridgehead atoms. The summed E-state index contributed by atoms with van der Waals surface area (Å²) in [6.07, 6.45) is 1.87. The minimum atomic E-state index is -0.312. The maximum absolute atomic E-state index is 13.3. The molecule has 120 valence electrons. The van der Waals surface area contributed by atoms with E-state index < -0.39 is 0 Å². The number of hydrazine groups is 1. The van der Waals surface area contributed by atoms with Gasteiger partial charge in [-0.25, -0.2) is 9.40 Å². The highest BCUT2D eigenvalue weighted by Gasteiger charge is 2.38. The van der Waals surface area contributed by atoms with Gasteiger partial charge < -0.3 is 9.50 Å². The number of amides is 1. The molecule has 0 spiro atoms. The van der Waals surface area contributed by atoms with E-state index in [0.717, 1.165) is 31.5 Å². The molecule has 2 aliphatic heterocycles. The van der Waals surface area contributed by atoms with Crippen LogP contribution < -0.4 is 5.32 Å². The average Bonchev–Trinajstić information content (AvgIpc) is 2.82. The minimum Gasteiger partial charge on any atom is -0.325 e. The summed E-state index contributed by atoms with van der Waals surface area (Å²) in [6, 6.07) is 4.59. The molecule has 0 aliphatic carbocycles. The van der Waals surface area contributed by atoms with E-state index >= 15 is 0 Å². The molecule has 1 fully saturated rings. The molecule has 1 aromatic carbocycles. The Morgan fingerprint density at radius 2 is 2.14 bits per heavy atom. The van der Waals surface area contributed by atoms with Crippen LogP contribution in [-0.4, -0.2) is 42.6 Å². The van der Waals surface area contributed by atoms with Crippen molar-refractivity contribution >= 4 is 23.8 Å². The molecular formula is C15H20FN3O2S. The number of anilines is 1. The van der Waals surface area contributed by atoms with E-state index in [4.69, 9.17) is 4.18 Å². The van der Waals surface area contributed by atoms with Crippen molar-refractivity contribution in [3.8, 4) is 0 Å². The fraction of sp³-hybridized carbons (Fsp3) is 0.533. The molecule has 0 aromatic heterocycles. The number of benzene rings is 1. The highest BCUT2D eigenvalue weighted by molar-refractivity contribution is 7.92. The van der Waals surface area contributed by atoms with Crippen LogP contribution in [0.1, 0.15) is 24.3 Å². The van der Waals surface area contributed by atoms with Crippen LogP contribution >= 0.6 is 12.2 Å². The lowest BCUT2D eigenvalue weighted by molar-refractivity contribution is -0.118. The number of nitrogens with zero attached hydrogens (tertiary/aromatic N) is 2. The summed E-state index contributed by atoms with van der Waals surface area (Å²) in [5.41, 5.74) is 1.56. The molecule has 1 unspecified atom stereocenters. The van der Waals surface area contributed by atoms with E-state index in [1.54, 1.807) is 13.2 Å². The molecule has 2 heterocycles. The number of rotatable bonds is 4. The number of carbonyl (C=O) groups excluding carboxylic acids is 1. The maximum atomic E-state index is 13.3. The maximum Gasteiger partial charge on any atom is 0.232 e. The highest BCUT2D eigenvalue weighted by atomic mass is 32.2. The van der Waals surface area contributed by atoms with Crippen LogP contribution in [0.15, 0.2) is 18.2 Å². The van der Waals surface area contributed by atoms with Crippen LogP contribution in [0.3, 0.4) is 0 Å². The molecule has 3 rings (SSSR count). The molecule has 2 aliphatic rings. The Kier molecular flexibility index (Phi) is 4.67. The molecular weight excluding hydrogens is 305 g/mol. The van der Waals surface area contributed by atoms with Crippen molar-refractivity contribution in [1.29, 1.82) is 0 Å². The Labute approximate surface area is 134 Å². The third-order valence-electron chi connectivity index (χ3n) is 4.46. The second kappa shape index (κ2) is 6.54. The summed E-state index contributed by atoms with van der Waals surface area (Å²) in [5.74, 6) is -0.173. The molecule has 0 radical (unpaired) electrons. The summed E-state index contributed by atoms with van der Waals surface area (Å²) in [4.78, 5) is 12.3. The Morgan fingerprint density at radius 1 is 1.41 bits per heavy atom. The predicted molar refractivity (Wildman–Crippen MR) is 84.4 cm³/mol. The topological polar surface area (TPSA) is 44.8 Å². The number of piperidine rings is 1. The van der Waals surface area contributed by atoms with Gasteiger partial charge in [0.05, 0.1) is 25.3 Å². The van der Waals surface area contributed by atoms with Crippen molar-refractivity contribution in [2.24, 2.45) is 5.92 Å². The van der Waals surface area contributed by atoms with E-state index in [-0.39, 0.29) is 17.6 Å². The number of nitrogens with one attached hydrogen (secondary N) is 1. The number of hydrogen-bond donors (Lipinski definition) is 1. The first-order valence-electron chi connectivity index (χ1n) is 7.40. The van der Waals surface area contributed by atoms with Crippen LogP contribution in [0.2, 0.25) is 0 Å². The zero-order valence-electron chi connectivity index (χ0n) is 12.7. The Bertz CT molecular complexity index is 564. The van der Waals surface area contributed by atoms with Gasteiger partial charge in [0.15, 0.2) is 0 Å². The standard InChI is InChI=1S/C15H20FN3O2S/c1-18(22-21-2)19-7-5-10(6-8-19)14-12-4-3-11(16)9-13(12)17-15(14)20/h3-4,9-10,14H,5-8H2,1-2H3,(H,17,20). The van der Waals surface area contributed by atoms with Crippen LogP contribution in [-0.2, 0) is 8.98 Å². The van der Waals surface area contributed by atoms with Gasteiger partial charge in [-0.1, -0.05) is 6.07 Å². The quantitative estimate of drug-likeness (QED) is 0.681. The molecule has 22 heavy (non-hydrogen) atoms. The molecule has 0 saturated carbocycles. The van der Waals surface area contributed by atoms with Crippen LogP contribution in [0, 0.1) is 11.7 Å². The molecule has 1 atom stereocenters. The molecule has 1 aromatic rings. The fourth-order valence-corrected chi connectivity index (χ4v) is 3.86. The van der Waals surface area contributed by atoms with Crippen molar-refractivity contribution in [2.75, 3.05) is 32.6 Å². The first-order valence-corrected chi connectivity index (χ1v) is 8.09. The monoisotopic (exact) mass is 325 g/mol. The second-order valence-corrected chi connectivity index (χ2v) is 6.71. The largest absolute Gasteiger partial charge is 0.325 e. The van der Waals surface area contributed by atoms with Crippen molar-refractivity contribution in [2.45, 2.75) is 18.8 Å². The Balaban J connectivity index is 1.68. The normalized spacial score (nSPS) is 22.9. The van der Waals surface area contributed by atoms with Gasteiger partial charge in [-0.05, 0) is 36.5 Å². The number of hydrogen-bond acceptors (Lipinski definition) is 5. The zero-order chi connectivity index (χ0) is 15.7. The number of fused-ring (bicyclic) bond motifs is 1. The van der Waals surface area contributed by atoms with Gasteiger partial charge in [-0.2, -0.15) is 4.41 Å². The second-order valence-electron chi connectivity index (χ2n) is 5.70. The van der Waals surface area contributed by atoms with Gasteiger partial charge in [0.25, 0.3) is 0 Å². The zero-order valence-corrected chi connectivity index (χ0v) is 13.5. The molecule has 1 amide bonds. The highest BCUT2D eigenvalue weighted by Crippen LogP contribution is 2.41. The summed E-state index contributed by atoms with van der Waals surface area (Å²) in [5, 5.41) is 5.02. The molecule has 7 heteroatoms. The third kappa shape index (κ3) is 2.99. The van der Waals surface area contributed by atoms with E-state index in [0.29, 0.717) is 11.6 Å². The summed E-state index contributed by atoms with van der Waals surface area (Å²) in [7, 11) is 3.61. The van der Waals surface area contributed by atoms with Crippen molar-refractivity contribution in [3.63, 3.8) is 0 Å². The minimum absolute atomic E-state index is 0.00123. The Hall–Kier alpha value is -1.15. The van der Waals surface area contributed by atoms with E-state index in [9.17, 15) is 9.18 Å². The van der Waals surface area contributed by atoms with Crippen LogP contribution in [0.5, 0.6) is 0 Å². The lowest BCUT2D eigenvalue weighted by Crippen LogP contribution is -2.43. The van der Waals surface area contributed by atoms with Gasteiger partial charge in [-0.15, -0.1) is 0 Å². The summed E-state index contributed by atoms with van der Waals surface area (Å²) >= 11 is 1.30. The smallest absolute Gasteiger partial charge is 0.232 e. The Morgan fingerprint density at radius 3 is 2.82 bits per heavy atom. The molecule has 1 saturated heterocycles. The van der Waals surface area contributed by atoms with Crippen molar-refractivity contribution < 1.29 is 13.4 Å². The average molecular weight is 325 g/mol. The third-order valence-corrected chi connectivity index (χ3v) is 5.05. The lowest BCUT2D eigenvalue weighted by Gasteiger charge is -2.37. The SMILES string of the molecule is COSN(C)N1CCC(C2C(=O)Nc3cc(F)ccc32)CC1. The van der Waals surface area contributed by atoms with E-state index in [1.165, 1.54) is 24.4 Å². The van der Waals surface area contributed by atoms with Gasteiger partial charge in [0.2, 0.25) is 5.91 Å². The van der Waals surface area contributed by atoms with Gasteiger partial charge >= 0.3 is 0 Å². The van der Waals surface area contributed by atoms with Crippen LogP contribution in [0.25, 0.3) is 0 Å². The van der Waals surface area contributed by atoms with Crippen molar-refractivity contribution in [1.82, 2.24) is 9.42 Å². The number of carbonyl (C=O) groups is 1. The first kappa shape index (κ1) is 15.7. The number of halogens is 1. The van der Waals surface area contributed by atoms with Gasteiger partial charge in [0, 0.05) is 25.8 Å². The lowest BCUT2D eigenvalue weighted by atomic mass is 9.81. The predicted octanol–water partition coefficient (Wildman–Crippen LogP) is 2.63. The van der Waals surface area contributed by atoms with Gasteiger partial charge in [0.1, 0.15) is 5.82 Å². The fourth-order valence-electron chi connectivity index (χ4n) is 3.38. The van der Waals surface area contributed by atoms with Crippen molar-refractivity contribution in [3.05, 3.63) is 29.6 Å². The first-order chi connectivity index (χ1) is 10.6. The van der Waals surface area contributed by atoms with E-state index in [1.807, 2.05) is 11.5 Å². The van der Waals surface area contributed by atoms with E-state index in [2.05, 4.69) is 10.3 Å². The molecule has 5 nitrogen and oxygen atoms in total. The molecule has 1 N–H and O–H groups in total. The van der Waals surface area contributed by atoms with Crippen LogP contribution in [0.4, 0.5) is 10.1 Å². The summed E-state index contributed by atoms with van der Waals surface area (Å²) in [6.45, 7) is 1.77. The van der Waals surface area contributed by atoms with Gasteiger partial charge in [-0.3, -0.25) is 4.79 Å².